The van der Waals surface area contributed by atoms with Crippen molar-refractivity contribution in [3.05, 3.63) is 63.4 Å². The van der Waals surface area contributed by atoms with Gasteiger partial charge >= 0.3 is 5.63 Å². The van der Waals surface area contributed by atoms with Gasteiger partial charge in [0, 0.05) is 16.4 Å². The predicted octanol–water partition coefficient (Wildman–Crippen LogP) is 3.79. The molecule has 1 heterocycles. The second kappa shape index (κ2) is 6.89. The van der Waals surface area contributed by atoms with Crippen LogP contribution in [0, 0.1) is 0 Å². The summed E-state index contributed by atoms with van der Waals surface area (Å²) in [5, 5.41) is 3.67. The maximum Gasteiger partial charge on any atom is 0.363 e. The van der Waals surface area contributed by atoms with Crippen LogP contribution in [-0.4, -0.2) is 15.0 Å². The van der Waals surface area contributed by atoms with Gasteiger partial charge in [0.2, 0.25) is 0 Å². The van der Waals surface area contributed by atoms with E-state index in [1.54, 1.807) is 42.5 Å². The Bertz CT molecular complexity index is 1090. The maximum absolute atomic E-state index is 12.7. The Hall–Kier alpha value is -2.32. The van der Waals surface area contributed by atoms with Crippen molar-refractivity contribution < 1.29 is 12.8 Å². The van der Waals surface area contributed by atoms with Gasteiger partial charge in [0.05, 0.1) is 5.69 Å². The molecule has 0 atom stereocenters. The van der Waals surface area contributed by atoms with Crippen LogP contribution in [0.15, 0.2) is 67.1 Å². The average molecular weight is 423 g/mol. The number of anilines is 2. The molecule has 0 spiro atoms. The number of rotatable bonds is 5. The Kier molecular flexibility index (Phi) is 4.82. The van der Waals surface area contributed by atoms with Gasteiger partial charge in [0.25, 0.3) is 10.0 Å². The molecule has 3 rings (SSSR count). The zero-order valence-electron chi connectivity index (χ0n) is 13.2. The number of fused-ring (bicyclic) bond motifs is 1. The molecular weight excluding hydrogens is 408 g/mol. The van der Waals surface area contributed by atoms with Crippen LogP contribution in [0.25, 0.3) is 11.0 Å². The van der Waals surface area contributed by atoms with Crippen LogP contribution < -0.4 is 15.7 Å². The first-order chi connectivity index (χ1) is 11.9. The van der Waals surface area contributed by atoms with Crippen molar-refractivity contribution in [2.75, 3.05) is 16.6 Å². The molecule has 8 heteroatoms. The monoisotopic (exact) mass is 422 g/mol. The van der Waals surface area contributed by atoms with E-state index in [2.05, 4.69) is 26.0 Å². The molecule has 0 aliphatic rings. The van der Waals surface area contributed by atoms with Crippen LogP contribution in [0.1, 0.15) is 6.92 Å². The zero-order chi connectivity index (χ0) is 18.0. The summed E-state index contributed by atoms with van der Waals surface area (Å²) in [7, 11) is -3.97. The van der Waals surface area contributed by atoms with Crippen molar-refractivity contribution in [1.29, 1.82) is 0 Å². The summed E-state index contributed by atoms with van der Waals surface area (Å²) >= 11 is 3.22. The lowest BCUT2D eigenvalue weighted by molar-refractivity contribution is 0.563. The van der Waals surface area contributed by atoms with Gasteiger partial charge in [-0.15, -0.1) is 0 Å². The largest absolute Gasteiger partial charge is 0.421 e. The molecule has 25 heavy (non-hydrogen) atoms. The fraction of sp³-hybridized carbons (Fsp3) is 0.118. The summed E-state index contributed by atoms with van der Waals surface area (Å²) in [5.41, 5.74) is -0.126. The Morgan fingerprint density at radius 2 is 1.72 bits per heavy atom. The number of halogens is 1. The highest BCUT2D eigenvalue weighted by Crippen LogP contribution is 2.31. The van der Waals surface area contributed by atoms with Crippen LogP contribution in [-0.2, 0) is 10.0 Å². The van der Waals surface area contributed by atoms with E-state index in [1.807, 2.05) is 6.92 Å². The Labute approximate surface area is 153 Å². The molecule has 0 radical (unpaired) electrons. The van der Waals surface area contributed by atoms with E-state index < -0.39 is 15.6 Å². The van der Waals surface area contributed by atoms with Gasteiger partial charge < -0.3 is 9.73 Å². The molecule has 0 saturated carbocycles. The van der Waals surface area contributed by atoms with Crippen molar-refractivity contribution in [3.8, 4) is 0 Å². The Morgan fingerprint density at radius 3 is 2.44 bits per heavy atom. The van der Waals surface area contributed by atoms with Crippen LogP contribution in [0.2, 0.25) is 0 Å². The van der Waals surface area contributed by atoms with Gasteiger partial charge in [-0.1, -0.05) is 24.3 Å². The molecule has 0 aliphatic carbocycles. The predicted molar refractivity (Wildman–Crippen MR) is 102 cm³/mol. The molecule has 0 amide bonds. The fourth-order valence-corrected chi connectivity index (χ4v) is 4.53. The van der Waals surface area contributed by atoms with E-state index in [1.165, 1.54) is 6.07 Å². The lowest BCUT2D eigenvalue weighted by atomic mass is 10.2. The van der Waals surface area contributed by atoms with Gasteiger partial charge in [-0.3, -0.25) is 4.72 Å². The molecule has 2 aromatic carbocycles. The summed E-state index contributed by atoms with van der Waals surface area (Å²) < 4.78 is 33.5. The second-order valence-corrected chi connectivity index (χ2v) is 7.71. The van der Waals surface area contributed by atoms with Crippen molar-refractivity contribution in [3.63, 3.8) is 0 Å². The number of nitrogens with one attached hydrogen (secondary N) is 2. The maximum atomic E-state index is 12.7. The van der Waals surface area contributed by atoms with Crippen LogP contribution in [0.3, 0.4) is 0 Å². The van der Waals surface area contributed by atoms with Crippen molar-refractivity contribution in [1.82, 2.24) is 0 Å². The SMILES string of the molecule is CCNc1c(NS(=O)(=O)c2ccccc2Br)c(=O)oc2ccccc12. The number of para-hydroxylation sites is 1. The minimum Gasteiger partial charge on any atom is -0.421 e. The minimum absolute atomic E-state index is 0.0324. The number of hydrogen-bond donors (Lipinski definition) is 2. The smallest absolute Gasteiger partial charge is 0.363 e. The summed E-state index contributed by atoms with van der Waals surface area (Å²) in [4.78, 5) is 12.4. The molecule has 0 bridgehead atoms. The molecule has 0 unspecified atom stereocenters. The molecule has 6 nitrogen and oxygen atoms in total. The third-order valence-corrected chi connectivity index (χ3v) is 5.89. The standard InChI is InChI=1S/C17H15BrN2O4S/c1-2-19-15-11-7-3-5-9-13(11)24-17(21)16(15)20-25(22,23)14-10-6-4-8-12(14)18/h3-10,19-20H,2H2,1H3. The normalized spacial score (nSPS) is 11.4. The zero-order valence-corrected chi connectivity index (χ0v) is 15.6. The van der Waals surface area contributed by atoms with Crippen LogP contribution in [0.4, 0.5) is 11.4 Å². The highest BCUT2D eigenvalue weighted by molar-refractivity contribution is 9.10. The van der Waals surface area contributed by atoms with Crippen molar-refractivity contribution in [2.24, 2.45) is 0 Å². The topological polar surface area (TPSA) is 88.4 Å². The number of benzene rings is 2. The van der Waals surface area contributed by atoms with Crippen LogP contribution in [0.5, 0.6) is 0 Å². The summed E-state index contributed by atoms with van der Waals surface area (Å²) in [6, 6.07) is 13.3. The van der Waals surface area contributed by atoms with E-state index >= 15 is 0 Å². The molecule has 1 aromatic heterocycles. The van der Waals surface area contributed by atoms with Gasteiger partial charge in [0.15, 0.2) is 5.69 Å². The van der Waals surface area contributed by atoms with Gasteiger partial charge in [0.1, 0.15) is 10.5 Å². The van der Waals surface area contributed by atoms with Gasteiger partial charge in [-0.25, -0.2) is 13.2 Å². The molecule has 0 fully saturated rings. The summed E-state index contributed by atoms with van der Waals surface area (Å²) in [6.07, 6.45) is 0. The first kappa shape index (κ1) is 17.5. The van der Waals surface area contributed by atoms with E-state index in [0.29, 0.717) is 27.7 Å². The molecular formula is C17H15BrN2O4S. The lowest BCUT2D eigenvalue weighted by Gasteiger charge is -2.14. The minimum atomic E-state index is -3.97. The molecule has 3 aromatic rings. The Morgan fingerprint density at radius 1 is 1.04 bits per heavy atom. The highest BCUT2D eigenvalue weighted by Gasteiger charge is 2.23. The average Bonchev–Trinajstić information content (AvgIpc) is 2.58. The fourth-order valence-electron chi connectivity index (χ4n) is 2.45. The highest BCUT2D eigenvalue weighted by atomic mass is 79.9. The van der Waals surface area contributed by atoms with E-state index in [9.17, 15) is 13.2 Å². The van der Waals surface area contributed by atoms with Crippen molar-refractivity contribution in [2.45, 2.75) is 11.8 Å². The van der Waals surface area contributed by atoms with Gasteiger partial charge in [-0.2, -0.15) is 0 Å². The van der Waals surface area contributed by atoms with Gasteiger partial charge in [-0.05, 0) is 47.1 Å². The Balaban J connectivity index is 2.19. The summed E-state index contributed by atoms with van der Waals surface area (Å²) in [5.74, 6) is 0. The quantitative estimate of drug-likeness (QED) is 0.610. The number of hydrogen-bond acceptors (Lipinski definition) is 5. The lowest BCUT2D eigenvalue weighted by Crippen LogP contribution is -2.21. The van der Waals surface area contributed by atoms with E-state index in [4.69, 9.17) is 4.42 Å². The third kappa shape index (κ3) is 3.40. The molecule has 0 aliphatic heterocycles. The van der Waals surface area contributed by atoms with E-state index in [0.717, 1.165) is 0 Å². The molecule has 130 valence electrons. The summed E-state index contributed by atoms with van der Waals surface area (Å²) in [6.45, 7) is 2.37. The van der Waals surface area contributed by atoms with Crippen LogP contribution >= 0.6 is 15.9 Å². The first-order valence-electron chi connectivity index (χ1n) is 7.51. The first-order valence-corrected chi connectivity index (χ1v) is 9.78. The molecule has 2 N–H and O–H groups in total. The van der Waals surface area contributed by atoms with Crippen molar-refractivity contribution >= 4 is 48.3 Å². The third-order valence-electron chi connectivity index (χ3n) is 3.53. The number of sulfonamides is 1. The molecule has 0 saturated heterocycles. The second-order valence-electron chi connectivity index (χ2n) is 5.20. The van der Waals surface area contributed by atoms with E-state index in [-0.39, 0.29) is 10.6 Å².